The lowest BCUT2D eigenvalue weighted by Gasteiger charge is -2.11. The van der Waals surface area contributed by atoms with Gasteiger partial charge >= 0.3 is 0 Å². The van der Waals surface area contributed by atoms with E-state index in [9.17, 15) is 8.42 Å². The third-order valence-corrected chi connectivity index (χ3v) is 5.15. The average molecular weight is 370 g/mol. The van der Waals surface area contributed by atoms with Gasteiger partial charge in [0.1, 0.15) is 0 Å². The molecule has 2 rings (SSSR count). The normalized spacial score (nSPS) is 11.5. The molecule has 0 aliphatic rings. The first-order valence-corrected chi connectivity index (χ1v) is 8.62. The van der Waals surface area contributed by atoms with Gasteiger partial charge in [0.05, 0.1) is 4.90 Å². The van der Waals surface area contributed by atoms with E-state index >= 15 is 0 Å². The van der Waals surface area contributed by atoms with Crippen molar-refractivity contribution in [3.8, 4) is 0 Å². The van der Waals surface area contributed by atoms with E-state index in [-0.39, 0.29) is 4.90 Å². The number of nitrogens with two attached hydrogens (primary N) is 1. The molecule has 1 heterocycles. The SMILES string of the molecule is Cc1c(N)cc(Br)cc1S(=O)(=O)NCCc1ccncc1. The fourth-order valence-electron chi connectivity index (χ4n) is 1.91. The van der Waals surface area contributed by atoms with Gasteiger partial charge in [0.25, 0.3) is 0 Å². The Bertz CT molecular complexity index is 733. The van der Waals surface area contributed by atoms with Crippen molar-refractivity contribution in [3.63, 3.8) is 0 Å². The molecule has 5 nitrogen and oxygen atoms in total. The molecule has 0 bridgehead atoms. The van der Waals surface area contributed by atoms with Gasteiger partial charge in [0.15, 0.2) is 0 Å². The van der Waals surface area contributed by atoms with Crippen molar-refractivity contribution in [1.82, 2.24) is 9.71 Å². The number of nitrogens with one attached hydrogen (secondary N) is 1. The summed E-state index contributed by atoms with van der Waals surface area (Å²) in [4.78, 5) is 4.12. The Morgan fingerprint density at radius 1 is 1.29 bits per heavy atom. The van der Waals surface area contributed by atoms with E-state index in [4.69, 9.17) is 5.73 Å². The number of anilines is 1. The first kappa shape index (κ1) is 15.9. The maximum atomic E-state index is 12.3. The Hall–Kier alpha value is -1.44. The predicted molar refractivity (Wildman–Crippen MR) is 86.4 cm³/mol. The summed E-state index contributed by atoms with van der Waals surface area (Å²) in [5, 5.41) is 0. The minimum Gasteiger partial charge on any atom is -0.398 e. The largest absolute Gasteiger partial charge is 0.398 e. The fourth-order valence-corrected chi connectivity index (χ4v) is 3.87. The molecule has 0 saturated heterocycles. The predicted octanol–water partition coefficient (Wildman–Crippen LogP) is 2.26. The molecule has 0 fully saturated rings. The van der Waals surface area contributed by atoms with E-state index in [0.29, 0.717) is 28.7 Å². The first-order chi connectivity index (χ1) is 9.90. The second-order valence-corrected chi connectivity index (χ2v) is 7.27. The highest BCUT2D eigenvalue weighted by molar-refractivity contribution is 9.10. The average Bonchev–Trinajstić information content (AvgIpc) is 2.43. The molecular formula is C14H16BrN3O2S. The lowest BCUT2D eigenvalue weighted by molar-refractivity contribution is 0.581. The zero-order valence-corrected chi connectivity index (χ0v) is 13.9. The summed E-state index contributed by atoms with van der Waals surface area (Å²) >= 11 is 3.27. The molecule has 0 aliphatic heterocycles. The summed E-state index contributed by atoms with van der Waals surface area (Å²) in [5.74, 6) is 0. The molecule has 1 aromatic heterocycles. The number of nitrogens with zero attached hydrogens (tertiary/aromatic N) is 1. The van der Waals surface area contributed by atoms with Gasteiger partial charge in [-0.05, 0) is 48.7 Å². The number of nitrogen functional groups attached to an aromatic ring is 1. The monoisotopic (exact) mass is 369 g/mol. The van der Waals surface area contributed by atoms with Gasteiger partial charge in [0, 0.05) is 29.1 Å². The number of benzene rings is 1. The van der Waals surface area contributed by atoms with Crippen LogP contribution in [0.3, 0.4) is 0 Å². The molecule has 0 saturated carbocycles. The van der Waals surface area contributed by atoms with Crippen molar-refractivity contribution in [2.45, 2.75) is 18.2 Å². The molecule has 0 radical (unpaired) electrons. The Kier molecular flexibility index (Phi) is 4.97. The zero-order valence-electron chi connectivity index (χ0n) is 11.5. The van der Waals surface area contributed by atoms with E-state index in [1.54, 1.807) is 31.5 Å². The van der Waals surface area contributed by atoms with Crippen molar-refractivity contribution in [2.75, 3.05) is 12.3 Å². The van der Waals surface area contributed by atoms with Gasteiger partial charge in [-0.2, -0.15) is 0 Å². The third kappa shape index (κ3) is 4.03. The van der Waals surface area contributed by atoms with Gasteiger partial charge < -0.3 is 5.73 Å². The number of rotatable bonds is 5. The Morgan fingerprint density at radius 2 is 1.95 bits per heavy atom. The number of pyridine rings is 1. The summed E-state index contributed by atoms with van der Waals surface area (Å²) in [6.45, 7) is 2.01. The molecule has 0 unspecified atom stereocenters. The minimum atomic E-state index is -3.58. The molecule has 3 N–H and O–H groups in total. The van der Waals surface area contributed by atoms with Gasteiger partial charge in [-0.15, -0.1) is 0 Å². The topological polar surface area (TPSA) is 85.1 Å². The Labute approximate surface area is 132 Å². The van der Waals surface area contributed by atoms with Gasteiger partial charge in [0.2, 0.25) is 10.0 Å². The van der Waals surface area contributed by atoms with E-state index in [1.807, 2.05) is 12.1 Å². The quantitative estimate of drug-likeness (QED) is 0.791. The van der Waals surface area contributed by atoms with Crippen LogP contribution in [0.2, 0.25) is 0 Å². The first-order valence-electron chi connectivity index (χ1n) is 6.34. The van der Waals surface area contributed by atoms with E-state index in [2.05, 4.69) is 25.6 Å². The molecular weight excluding hydrogens is 354 g/mol. The molecule has 1 aromatic carbocycles. The van der Waals surface area contributed by atoms with Crippen LogP contribution in [0.15, 0.2) is 46.0 Å². The number of aromatic nitrogens is 1. The number of sulfonamides is 1. The smallest absolute Gasteiger partial charge is 0.240 e. The second-order valence-electron chi connectivity index (χ2n) is 4.62. The van der Waals surface area contributed by atoms with Crippen molar-refractivity contribution < 1.29 is 8.42 Å². The lowest BCUT2D eigenvalue weighted by Crippen LogP contribution is -2.27. The van der Waals surface area contributed by atoms with E-state index in [1.165, 1.54) is 0 Å². The maximum Gasteiger partial charge on any atom is 0.240 e. The molecule has 0 atom stereocenters. The van der Waals surface area contributed by atoms with Crippen LogP contribution >= 0.6 is 15.9 Å². The van der Waals surface area contributed by atoms with Gasteiger partial charge in [-0.1, -0.05) is 15.9 Å². The van der Waals surface area contributed by atoms with Crippen LogP contribution in [0.5, 0.6) is 0 Å². The van der Waals surface area contributed by atoms with Gasteiger partial charge in [-0.25, -0.2) is 13.1 Å². The summed E-state index contributed by atoms with van der Waals surface area (Å²) in [7, 11) is -3.58. The highest BCUT2D eigenvalue weighted by Crippen LogP contribution is 2.26. The van der Waals surface area contributed by atoms with Crippen LogP contribution < -0.4 is 10.5 Å². The summed E-state index contributed by atoms with van der Waals surface area (Å²) in [5.41, 5.74) is 7.83. The van der Waals surface area contributed by atoms with Gasteiger partial charge in [-0.3, -0.25) is 4.98 Å². The number of halogens is 1. The van der Waals surface area contributed by atoms with E-state index in [0.717, 1.165) is 5.56 Å². The highest BCUT2D eigenvalue weighted by atomic mass is 79.9. The highest BCUT2D eigenvalue weighted by Gasteiger charge is 2.18. The molecule has 7 heteroatoms. The molecule has 21 heavy (non-hydrogen) atoms. The molecule has 112 valence electrons. The van der Waals surface area contributed by atoms with Crippen molar-refractivity contribution >= 4 is 31.6 Å². The molecule has 0 spiro atoms. The Balaban J connectivity index is 2.12. The fraction of sp³-hybridized carbons (Fsp3) is 0.214. The summed E-state index contributed by atoms with van der Waals surface area (Å²) in [6.07, 6.45) is 3.97. The standard InChI is InChI=1S/C14H16BrN3O2S/c1-10-13(16)8-12(15)9-14(10)21(19,20)18-7-4-11-2-5-17-6-3-11/h2-3,5-6,8-9,18H,4,7,16H2,1H3. The third-order valence-electron chi connectivity index (χ3n) is 3.11. The molecule has 0 amide bonds. The molecule has 0 aliphatic carbocycles. The van der Waals surface area contributed by atoms with Crippen LogP contribution in [0.25, 0.3) is 0 Å². The minimum absolute atomic E-state index is 0.198. The van der Waals surface area contributed by atoms with E-state index < -0.39 is 10.0 Å². The van der Waals surface area contributed by atoms with Crippen LogP contribution in [0.1, 0.15) is 11.1 Å². The Morgan fingerprint density at radius 3 is 2.62 bits per heavy atom. The van der Waals surface area contributed by atoms with Crippen molar-refractivity contribution in [3.05, 3.63) is 52.3 Å². The molecule has 2 aromatic rings. The van der Waals surface area contributed by atoms with Crippen LogP contribution in [-0.2, 0) is 16.4 Å². The van der Waals surface area contributed by atoms with Crippen molar-refractivity contribution in [1.29, 1.82) is 0 Å². The number of hydrogen-bond acceptors (Lipinski definition) is 4. The number of hydrogen-bond donors (Lipinski definition) is 2. The summed E-state index contributed by atoms with van der Waals surface area (Å²) < 4.78 is 27.9. The van der Waals surface area contributed by atoms with Crippen molar-refractivity contribution in [2.24, 2.45) is 0 Å². The lowest BCUT2D eigenvalue weighted by atomic mass is 10.2. The van der Waals surface area contributed by atoms with Crippen LogP contribution in [0.4, 0.5) is 5.69 Å². The zero-order chi connectivity index (χ0) is 15.5. The van der Waals surface area contributed by atoms with Crippen LogP contribution in [-0.4, -0.2) is 19.9 Å². The maximum absolute atomic E-state index is 12.3. The second kappa shape index (κ2) is 6.55. The van der Waals surface area contributed by atoms with Crippen LogP contribution in [0, 0.1) is 6.92 Å². The summed E-state index contributed by atoms with van der Waals surface area (Å²) in [6, 6.07) is 6.96.